The van der Waals surface area contributed by atoms with E-state index in [1.807, 2.05) is 13.1 Å². The zero-order chi connectivity index (χ0) is 10.4. The van der Waals surface area contributed by atoms with E-state index in [-0.39, 0.29) is 5.91 Å². The van der Waals surface area contributed by atoms with Gasteiger partial charge in [-0.05, 0) is 12.3 Å². The molecule has 0 aromatic rings. The van der Waals surface area contributed by atoms with E-state index < -0.39 is 0 Å². The molecule has 0 aromatic heterocycles. The molecule has 0 saturated heterocycles. The number of rotatable bonds is 5. The van der Waals surface area contributed by atoms with Crippen molar-refractivity contribution >= 4 is 5.91 Å². The lowest BCUT2D eigenvalue weighted by Gasteiger charge is -2.27. The molecule has 1 aliphatic rings. The number of nitrogens with zero attached hydrogens (tertiary/aromatic N) is 2. The van der Waals surface area contributed by atoms with Gasteiger partial charge in [0.25, 0.3) is 0 Å². The van der Waals surface area contributed by atoms with Gasteiger partial charge in [-0.1, -0.05) is 19.3 Å². The molecular weight excluding hydrogens is 176 g/mol. The lowest BCUT2D eigenvalue weighted by Crippen LogP contribution is -2.29. The fraction of sp³-hybridized carbons (Fsp3) is 0.818. The van der Waals surface area contributed by atoms with E-state index in [1.165, 1.54) is 19.3 Å². The van der Waals surface area contributed by atoms with Crippen molar-refractivity contribution in [3.8, 4) is 6.07 Å². The molecule has 3 heteroatoms. The van der Waals surface area contributed by atoms with Crippen LogP contribution < -0.4 is 0 Å². The summed E-state index contributed by atoms with van der Waals surface area (Å²) >= 11 is 0. The van der Waals surface area contributed by atoms with Gasteiger partial charge in [0.2, 0.25) is 5.91 Å². The summed E-state index contributed by atoms with van der Waals surface area (Å²) < 4.78 is 0. The summed E-state index contributed by atoms with van der Waals surface area (Å²) in [6.07, 6.45) is 5.87. The average Bonchev–Trinajstić information content (AvgIpc) is 2.11. The number of amides is 1. The van der Waals surface area contributed by atoms with Crippen LogP contribution in [0.25, 0.3) is 0 Å². The van der Waals surface area contributed by atoms with Crippen molar-refractivity contribution in [1.82, 2.24) is 4.90 Å². The first-order chi connectivity index (χ1) is 6.74. The Labute approximate surface area is 85.7 Å². The van der Waals surface area contributed by atoms with Crippen LogP contribution in [0.2, 0.25) is 0 Å². The SMILES string of the molecule is CN(CCC1CCC1)C(=O)CCC#N. The minimum Gasteiger partial charge on any atom is -0.346 e. The molecule has 14 heavy (non-hydrogen) atoms. The van der Waals surface area contributed by atoms with Gasteiger partial charge < -0.3 is 4.90 Å². The van der Waals surface area contributed by atoms with Gasteiger partial charge in [0.1, 0.15) is 0 Å². The van der Waals surface area contributed by atoms with E-state index in [0.29, 0.717) is 12.8 Å². The first kappa shape index (κ1) is 11.0. The van der Waals surface area contributed by atoms with E-state index in [4.69, 9.17) is 5.26 Å². The van der Waals surface area contributed by atoms with Crippen LogP contribution in [0.5, 0.6) is 0 Å². The van der Waals surface area contributed by atoms with Crippen molar-refractivity contribution in [2.45, 2.75) is 38.5 Å². The predicted molar refractivity (Wildman–Crippen MR) is 54.4 cm³/mol. The van der Waals surface area contributed by atoms with Crippen LogP contribution in [0.15, 0.2) is 0 Å². The molecule has 1 aliphatic carbocycles. The molecule has 0 atom stereocenters. The van der Waals surface area contributed by atoms with Crippen LogP contribution >= 0.6 is 0 Å². The summed E-state index contributed by atoms with van der Waals surface area (Å²) in [5.41, 5.74) is 0. The molecule has 1 rings (SSSR count). The Morgan fingerprint density at radius 1 is 1.57 bits per heavy atom. The highest BCUT2D eigenvalue weighted by Gasteiger charge is 2.18. The Bertz CT molecular complexity index is 228. The maximum absolute atomic E-state index is 11.4. The molecule has 1 amide bonds. The molecule has 1 fully saturated rings. The average molecular weight is 194 g/mol. The van der Waals surface area contributed by atoms with Crippen LogP contribution in [0.1, 0.15) is 38.5 Å². The second-order valence-corrected chi connectivity index (χ2v) is 4.06. The Morgan fingerprint density at radius 2 is 2.29 bits per heavy atom. The first-order valence-electron chi connectivity index (χ1n) is 5.35. The second-order valence-electron chi connectivity index (χ2n) is 4.06. The van der Waals surface area contributed by atoms with Crippen LogP contribution in [-0.2, 0) is 4.79 Å². The van der Waals surface area contributed by atoms with E-state index >= 15 is 0 Å². The molecular formula is C11H18N2O. The lowest BCUT2D eigenvalue weighted by molar-refractivity contribution is -0.130. The highest BCUT2D eigenvalue weighted by molar-refractivity contribution is 5.76. The van der Waals surface area contributed by atoms with E-state index in [0.717, 1.165) is 18.9 Å². The van der Waals surface area contributed by atoms with Crippen LogP contribution in [0.4, 0.5) is 0 Å². The third-order valence-electron chi connectivity index (χ3n) is 2.97. The molecule has 78 valence electrons. The van der Waals surface area contributed by atoms with Gasteiger partial charge in [-0.15, -0.1) is 0 Å². The summed E-state index contributed by atoms with van der Waals surface area (Å²) in [5, 5.41) is 8.34. The Morgan fingerprint density at radius 3 is 2.79 bits per heavy atom. The van der Waals surface area contributed by atoms with Gasteiger partial charge in [0.15, 0.2) is 0 Å². The topological polar surface area (TPSA) is 44.1 Å². The summed E-state index contributed by atoms with van der Waals surface area (Å²) in [5.74, 6) is 0.951. The molecule has 0 radical (unpaired) electrons. The maximum Gasteiger partial charge on any atom is 0.223 e. The molecule has 0 aliphatic heterocycles. The third-order valence-corrected chi connectivity index (χ3v) is 2.97. The Kier molecular flexibility index (Phi) is 4.45. The molecule has 0 bridgehead atoms. The number of nitriles is 1. The molecule has 1 saturated carbocycles. The lowest BCUT2D eigenvalue weighted by atomic mass is 9.83. The van der Waals surface area contributed by atoms with Crippen molar-refractivity contribution in [2.24, 2.45) is 5.92 Å². The number of hydrogen-bond donors (Lipinski definition) is 0. The monoisotopic (exact) mass is 194 g/mol. The fourth-order valence-corrected chi connectivity index (χ4v) is 1.64. The van der Waals surface area contributed by atoms with Crippen molar-refractivity contribution in [1.29, 1.82) is 5.26 Å². The van der Waals surface area contributed by atoms with Crippen LogP contribution in [0.3, 0.4) is 0 Å². The second kappa shape index (κ2) is 5.64. The van der Waals surface area contributed by atoms with Gasteiger partial charge in [-0.3, -0.25) is 4.79 Å². The largest absolute Gasteiger partial charge is 0.346 e. The number of carbonyl (C=O) groups is 1. The zero-order valence-corrected chi connectivity index (χ0v) is 8.83. The highest BCUT2D eigenvalue weighted by Crippen LogP contribution is 2.29. The molecule has 3 nitrogen and oxygen atoms in total. The van der Waals surface area contributed by atoms with Gasteiger partial charge in [-0.2, -0.15) is 5.26 Å². The van der Waals surface area contributed by atoms with Crippen molar-refractivity contribution < 1.29 is 4.79 Å². The van der Waals surface area contributed by atoms with Crippen LogP contribution in [0, 0.1) is 17.2 Å². The zero-order valence-electron chi connectivity index (χ0n) is 8.83. The van der Waals surface area contributed by atoms with Crippen molar-refractivity contribution in [2.75, 3.05) is 13.6 Å². The maximum atomic E-state index is 11.4. The summed E-state index contributed by atoms with van der Waals surface area (Å²) in [6.45, 7) is 0.856. The van der Waals surface area contributed by atoms with Gasteiger partial charge in [0, 0.05) is 26.4 Å². The molecule has 0 aromatic carbocycles. The number of carbonyl (C=O) groups excluding carboxylic acids is 1. The molecule has 0 N–H and O–H groups in total. The molecule has 0 unspecified atom stereocenters. The third kappa shape index (κ3) is 3.37. The Hall–Kier alpha value is -1.04. The standard InChI is InChI=1S/C11H18N2O/c1-13(11(14)6-3-8-12)9-7-10-4-2-5-10/h10H,2-7,9H2,1H3. The van der Waals surface area contributed by atoms with Gasteiger partial charge in [-0.25, -0.2) is 0 Å². The van der Waals surface area contributed by atoms with Gasteiger partial charge in [0.05, 0.1) is 6.07 Å². The quantitative estimate of drug-likeness (QED) is 0.671. The highest BCUT2D eigenvalue weighted by atomic mass is 16.2. The van der Waals surface area contributed by atoms with E-state index in [2.05, 4.69) is 0 Å². The minimum atomic E-state index is 0.103. The summed E-state index contributed by atoms with van der Waals surface area (Å²) in [7, 11) is 1.83. The summed E-state index contributed by atoms with van der Waals surface area (Å²) in [4.78, 5) is 13.2. The normalized spacial score (nSPS) is 15.7. The van der Waals surface area contributed by atoms with E-state index in [9.17, 15) is 4.79 Å². The van der Waals surface area contributed by atoms with E-state index in [1.54, 1.807) is 4.90 Å². The predicted octanol–water partition coefficient (Wildman–Crippen LogP) is 1.94. The first-order valence-corrected chi connectivity index (χ1v) is 5.35. The number of hydrogen-bond acceptors (Lipinski definition) is 2. The van der Waals surface area contributed by atoms with Gasteiger partial charge >= 0.3 is 0 Å². The molecule has 0 spiro atoms. The summed E-state index contributed by atoms with van der Waals surface area (Å²) in [6, 6.07) is 1.99. The van der Waals surface area contributed by atoms with Crippen molar-refractivity contribution in [3.05, 3.63) is 0 Å². The smallest absolute Gasteiger partial charge is 0.223 e. The fourth-order valence-electron chi connectivity index (χ4n) is 1.64. The van der Waals surface area contributed by atoms with Crippen LogP contribution in [-0.4, -0.2) is 24.4 Å². The molecule has 0 heterocycles. The minimum absolute atomic E-state index is 0.103. The Balaban J connectivity index is 2.10. The van der Waals surface area contributed by atoms with Crippen molar-refractivity contribution in [3.63, 3.8) is 0 Å².